The van der Waals surface area contributed by atoms with Gasteiger partial charge in [0.2, 0.25) is 11.6 Å². The van der Waals surface area contributed by atoms with Gasteiger partial charge in [0.05, 0.1) is 3.57 Å². The van der Waals surface area contributed by atoms with Gasteiger partial charge in [-0.1, -0.05) is 12.7 Å². The highest BCUT2D eigenvalue weighted by Crippen LogP contribution is 2.34. The number of aromatic hydroxyl groups is 1. The summed E-state index contributed by atoms with van der Waals surface area (Å²) in [5.41, 5.74) is -0.343. The van der Waals surface area contributed by atoms with Gasteiger partial charge in [0, 0.05) is 0 Å². The van der Waals surface area contributed by atoms with Crippen molar-refractivity contribution in [2.45, 2.75) is 4.90 Å². The van der Waals surface area contributed by atoms with E-state index in [0.29, 0.717) is 5.56 Å². The smallest absolute Gasteiger partial charge is 0.347 e. The third-order valence-electron chi connectivity index (χ3n) is 3.17. The van der Waals surface area contributed by atoms with Crippen LogP contribution in [0.25, 0.3) is 6.08 Å². The number of ether oxygens (including phenoxy) is 1. The third-order valence-corrected chi connectivity index (χ3v) is 4.85. The molecule has 2 aromatic carbocycles. The Morgan fingerprint density at radius 1 is 1.15 bits per heavy atom. The maximum atomic E-state index is 14.1. The highest BCUT2D eigenvalue weighted by molar-refractivity contribution is 14.1. The Kier molecular flexibility index (Phi) is 5.82. The summed E-state index contributed by atoms with van der Waals surface area (Å²) in [4.78, 5) is 9.78. The van der Waals surface area contributed by atoms with E-state index in [1.165, 1.54) is 12.1 Å². The minimum Gasteiger partial charge on any atom is -0.744 e. The van der Waals surface area contributed by atoms with Gasteiger partial charge in [-0.25, -0.2) is 26.4 Å². The third kappa shape index (κ3) is 3.91. The van der Waals surface area contributed by atoms with Gasteiger partial charge in [-0.05, 0) is 40.3 Å². The van der Waals surface area contributed by atoms with Crippen LogP contribution in [0.15, 0.2) is 23.6 Å². The van der Waals surface area contributed by atoms with Crippen LogP contribution in [-0.2, 0) is 10.1 Å². The van der Waals surface area contributed by atoms with Crippen molar-refractivity contribution in [2.24, 2.45) is 0 Å². The van der Waals surface area contributed by atoms with E-state index in [1.54, 1.807) is 22.6 Å². The van der Waals surface area contributed by atoms with Crippen molar-refractivity contribution in [3.63, 3.8) is 0 Å². The minimum absolute atomic E-state index is 0.117. The second-order valence-electron chi connectivity index (χ2n) is 4.86. The molecule has 0 aliphatic heterocycles. The molecule has 12 heteroatoms. The van der Waals surface area contributed by atoms with E-state index < -0.39 is 61.3 Å². The SMILES string of the molecule is C=Cc1cc(I)c(O)c(C(=O)Oc2c(F)c(F)c(F)c(S(=O)(=O)[O-])c2F)c1. The molecule has 0 atom stereocenters. The number of rotatable bonds is 4. The van der Waals surface area contributed by atoms with Crippen molar-refractivity contribution in [2.75, 3.05) is 0 Å². The van der Waals surface area contributed by atoms with E-state index in [-0.39, 0.29) is 3.57 Å². The molecule has 0 aliphatic carbocycles. The van der Waals surface area contributed by atoms with Crippen LogP contribution in [0.2, 0.25) is 0 Å². The Morgan fingerprint density at radius 2 is 1.74 bits per heavy atom. The first-order valence-corrected chi connectivity index (χ1v) is 9.07. The predicted molar refractivity (Wildman–Crippen MR) is 90.1 cm³/mol. The number of carbonyl (C=O) groups is 1. The molecular formula is C15H6F4IO6S-. The van der Waals surface area contributed by atoms with E-state index in [9.17, 15) is 40.4 Å². The van der Waals surface area contributed by atoms with Gasteiger partial charge in [0.25, 0.3) is 0 Å². The lowest BCUT2D eigenvalue weighted by atomic mass is 10.1. The lowest BCUT2D eigenvalue weighted by Gasteiger charge is -2.15. The van der Waals surface area contributed by atoms with Crippen molar-refractivity contribution in [1.82, 2.24) is 0 Å². The quantitative estimate of drug-likeness (QED) is 0.127. The highest BCUT2D eigenvalue weighted by Gasteiger charge is 2.32. The second kappa shape index (κ2) is 7.44. The van der Waals surface area contributed by atoms with Gasteiger partial charge in [-0.2, -0.15) is 4.39 Å². The minimum atomic E-state index is -5.91. The zero-order valence-electron chi connectivity index (χ0n) is 12.7. The van der Waals surface area contributed by atoms with E-state index in [1.807, 2.05) is 0 Å². The molecule has 6 nitrogen and oxygen atoms in total. The Labute approximate surface area is 163 Å². The fourth-order valence-electron chi connectivity index (χ4n) is 1.94. The predicted octanol–water partition coefficient (Wildman–Crippen LogP) is 3.32. The fourth-order valence-corrected chi connectivity index (χ4v) is 3.21. The number of phenols is 1. The Balaban J connectivity index is 2.66. The van der Waals surface area contributed by atoms with E-state index in [0.717, 1.165) is 6.07 Å². The van der Waals surface area contributed by atoms with E-state index >= 15 is 0 Å². The number of benzene rings is 2. The summed E-state index contributed by atoms with van der Waals surface area (Å²) < 4.78 is 91.9. The number of carbonyl (C=O) groups excluding carboxylic acids is 1. The van der Waals surface area contributed by atoms with Crippen LogP contribution in [0.5, 0.6) is 11.5 Å². The van der Waals surface area contributed by atoms with Crippen molar-refractivity contribution in [3.8, 4) is 11.5 Å². The molecule has 0 saturated carbocycles. The van der Waals surface area contributed by atoms with E-state index in [2.05, 4.69) is 11.3 Å². The first-order valence-electron chi connectivity index (χ1n) is 6.59. The molecule has 0 saturated heterocycles. The molecule has 0 aliphatic rings. The maximum absolute atomic E-state index is 14.1. The van der Waals surface area contributed by atoms with Crippen LogP contribution < -0.4 is 4.74 Å². The van der Waals surface area contributed by atoms with Crippen LogP contribution in [0.3, 0.4) is 0 Å². The Morgan fingerprint density at radius 3 is 2.26 bits per heavy atom. The maximum Gasteiger partial charge on any atom is 0.347 e. The van der Waals surface area contributed by atoms with Gasteiger partial charge in [0.1, 0.15) is 26.3 Å². The van der Waals surface area contributed by atoms with Crippen LogP contribution in [0.4, 0.5) is 17.6 Å². The van der Waals surface area contributed by atoms with Crippen LogP contribution in [0.1, 0.15) is 15.9 Å². The number of halogens is 5. The molecule has 144 valence electrons. The van der Waals surface area contributed by atoms with Crippen LogP contribution in [-0.4, -0.2) is 24.0 Å². The molecule has 0 spiro atoms. The first kappa shape index (κ1) is 21.1. The zero-order chi connectivity index (χ0) is 20.7. The van der Waals surface area contributed by atoms with Gasteiger partial charge < -0.3 is 14.4 Å². The van der Waals surface area contributed by atoms with Gasteiger partial charge in [0.15, 0.2) is 17.5 Å². The fraction of sp³-hybridized carbons (Fsp3) is 0. The summed E-state index contributed by atoms with van der Waals surface area (Å²) in [6, 6.07) is 2.40. The topological polar surface area (TPSA) is 104 Å². The van der Waals surface area contributed by atoms with Gasteiger partial charge in [-0.15, -0.1) is 0 Å². The van der Waals surface area contributed by atoms with E-state index in [4.69, 9.17) is 0 Å². The summed E-state index contributed by atoms with van der Waals surface area (Å²) in [6.07, 6.45) is 1.26. The lowest BCUT2D eigenvalue weighted by Crippen LogP contribution is -2.16. The summed E-state index contributed by atoms with van der Waals surface area (Å²) in [6.45, 7) is 3.42. The largest absolute Gasteiger partial charge is 0.744 e. The van der Waals surface area contributed by atoms with Crippen LogP contribution >= 0.6 is 22.6 Å². The van der Waals surface area contributed by atoms with Gasteiger partial charge in [-0.3, -0.25) is 0 Å². The highest BCUT2D eigenvalue weighted by atomic mass is 127. The summed E-state index contributed by atoms with van der Waals surface area (Å²) in [7, 11) is -5.91. The molecule has 0 amide bonds. The van der Waals surface area contributed by atoms with Gasteiger partial charge >= 0.3 is 5.97 Å². The number of hydrogen-bond donors (Lipinski definition) is 1. The average molecular weight is 517 g/mol. The standard InChI is InChI=1S/C15H7F4IO6S/c1-2-5-3-6(12(21)7(20)4-5)15(22)26-13-9(17)8(16)10(18)14(11(13)19)27(23,24)25/h2-4,21H,1H2,(H,23,24,25)/p-1. The molecule has 0 fully saturated rings. The molecule has 0 aromatic heterocycles. The number of esters is 1. The number of phenolic OH excluding ortho intramolecular Hbond substituents is 1. The summed E-state index contributed by atoms with van der Waals surface area (Å²) >= 11 is 1.62. The molecule has 0 radical (unpaired) electrons. The molecular weight excluding hydrogens is 511 g/mol. The molecule has 2 rings (SSSR count). The molecule has 27 heavy (non-hydrogen) atoms. The molecule has 0 bridgehead atoms. The monoisotopic (exact) mass is 517 g/mol. The second-order valence-corrected chi connectivity index (χ2v) is 7.34. The van der Waals surface area contributed by atoms with Crippen molar-refractivity contribution < 1.29 is 45.2 Å². The lowest BCUT2D eigenvalue weighted by molar-refractivity contribution is 0.0712. The summed E-state index contributed by atoms with van der Waals surface area (Å²) in [5, 5.41) is 9.88. The molecule has 1 N–H and O–H groups in total. The first-order chi connectivity index (χ1) is 12.4. The molecule has 0 unspecified atom stereocenters. The Bertz CT molecular complexity index is 1080. The van der Waals surface area contributed by atoms with Crippen LogP contribution in [0, 0.1) is 26.8 Å². The van der Waals surface area contributed by atoms with Crippen molar-refractivity contribution in [3.05, 3.63) is 56.7 Å². The molecule has 0 heterocycles. The molecule has 2 aromatic rings. The summed E-state index contributed by atoms with van der Waals surface area (Å²) in [5.74, 6) is -14.2. The van der Waals surface area contributed by atoms with Crippen molar-refractivity contribution >= 4 is 44.8 Å². The normalized spacial score (nSPS) is 11.3. The Hall–Kier alpha value is -2.19. The van der Waals surface area contributed by atoms with Crippen molar-refractivity contribution in [1.29, 1.82) is 0 Å². The average Bonchev–Trinajstić information content (AvgIpc) is 2.57. The number of hydrogen-bond acceptors (Lipinski definition) is 6. The zero-order valence-corrected chi connectivity index (χ0v) is 15.7.